The molecule has 3 heteroatoms. The molecule has 0 spiro atoms. The zero-order valence-corrected chi connectivity index (χ0v) is 13.6. The zero-order valence-electron chi connectivity index (χ0n) is 13.6. The van der Waals surface area contributed by atoms with E-state index in [9.17, 15) is 9.90 Å². The molecule has 3 rings (SSSR count). The van der Waals surface area contributed by atoms with E-state index in [4.69, 9.17) is 4.74 Å². The van der Waals surface area contributed by atoms with Gasteiger partial charge in [-0.2, -0.15) is 0 Å². The van der Waals surface area contributed by atoms with Crippen molar-refractivity contribution in [2.24, 2.45) is 5.92 Å². The van der Waals surface area contributed by atoms with Crippen molar-refractivity contribution in [2.75, 3.05) is 7.11 Å². The Labute approximate surface area is 136 Å². The van der Waals surface area contributed by atoms with Gasteiger partial charge in [0.1, 0.15) is 5.75 Å². The van der Waals surface area contributed by atoms with Crippen molar-refractivity contribution in [2.45, 2.75) is 32.1 Å². The molecule has 0 saturated carbocycles. The van der Waals surface area contributed by atoms with Gasteiger partial charge in [0.15, 0.2) is 0 Å². The number of carboxylic acids is 1. The second-order valence-corrected chi connectivity index (χ2v) is 6.29. The van der Waals surface area contributed by atoms with Gasteiger partial charge in [0.2, 0.25) is 0 Å². The second kappa shape index (κ2) is 6.45. The molecular formula is C20H22O3. The fourth-order valence-corrected chi connectivity index (χ4v) is 3.51. The van der Waals surface area contributed by atoms with Gasteiger partial charge in [-0.1, -0.05) is 37.3 Å². The molecule has 1 aliphatic carbocycles. The Morgan fingerprint density at radius 2 is 1.87 bits per heavy atom. The van der Waals surface area contributed by atoms with Crippen LogP contribution in [0, 0.1) is 5.92 Å². The molecule has 0 saturated heterocycles. The van der Waals surface area contributed by atoms with E-state index in [0.717, 1.165) is 18.6 Å². The van der Waals surface area contributed by atoms with Crippen molar-refractivity contribution in [3.8, 4) is 5.75 Å². The first-order valence-corrected chi connectivity index (χ1v) is 8.07. The van der Waals surface area contributed by atoms with Crippen LogP contribution >= 0.6 is 0 Å². The fraction of sp³-hybridized carbons (Fsp3) is 0.350. The minimum absolute atomic E-state index is 0.126. The number of carboxylic acid groups (broad SMARTS) is 1. The molecule has 2 aromatic carbocycles. The van der Waals surface area contributed by atoms with Crippen molar-refractivity contribution >= 4 is 5.97 Å². The summed E-state index contributed by atoms with van der Waals surface area (Å²) in [7, 11) is 1.68. The summed E-state index contributed by atoms with van der Waals surface area (Å²) in [5.74, 6) is -0.122. The lowest BCUT2D eigenvalue weighted by Gasteiger charge is -2.22. The average molecular weight is 310 g/mol. The predicted octanol–water partition coefficient (Wildman–Crippen LogP) is 4.04. The van der Waals surface area contributed by atoms with Crippen molar-refractivity contribution in [3.05, 3.63) is 64.7 Å². The number of benzene rings is 2. The summed E-state index contributed by atoms with van der Waals surface area (Å²) in [5, 5.41) is 9.34. The topological polar surface area (TPSA) is 46.5 Å². The molecule has 3 nitrogen and oxygen atoms in total. The van der Waals surface area contributed by atoms with Gasteiger partial charge < -0.3 is 9.84 Å². The average Bonchev–Trinajstić information content (AvgIpc) is 2.72. The lowest BCUT2D eigenvalue weighted by molar-refractivity contribution is -0.141. The molecule has 0 fully saturated rings. The summed E-state index contributed by atoms with van der Waals surface area (Å²) in [5.41, 5.74) is 5.10. The maximum Gasteiger partial charge on any atom is 0.306 e. The number of hydrogen-bond acceptors (Lipinski definition) is 2. The van der Waals surface area contributed by atoms with Crippen molar-refractivity contribution in [1.82, 2.24) is 0 Å². The fourth-order valence-electron chi connectivity index (χ4n) is 3.51. The first-order chi connectivity index (χ1) is 11.1. The summed E-state index contributed by atoms with van der Waals surface area (Å²) >= 11 is 0. The zero-order chi connectivity index (χ0) is 16.4. The molecule has 120 valence electrons. The number of carbonyl (C=O) groups is 1. The molecule has 0 radical (unpaired) electrons. The Kier molecular flexibility index (Phi) is 4.37. The van der Waals surface area contributed by atoms with Crippen LogP contribution in [0.25, 0.3) is 0 Å². The third kappa shape index (κ3) is 3.09. The summed E-state index contributed by atoms with van der Waals surface area (Å²) in [6.45, 7) is 1.79. The summed E-state index contributed by atoms with van der Waals surface area (Å²) < 4.78 is 5.36. The molecule has 0 bridgehead atoms. The van der Waals surface area contributed by atoms with Crippen LogP contribution in [0.15, 0.2) is 42.5 Å². The molecule has 1 N–H and O–H groups in total. The van der Waals surface area contributed by atoms with E-state index in [2.05, 4.69) is 30.3 Å². The van der Waals surface area contributed by atoms with Gasteiger partial charge in [0.25, 0.3) is 0 Å². The van der Waals surface area contributed by atoms with Crippen molar-refractivity contribution in [1.29, 1.82) is 0 Å². The molecule has 0 heterocycles. The molecule has 0 aliphatic heterocycles. The third-order valence-electron chi connectivity index (χ3n) is 4.83. The third-order valence-corrected chi connectivity index (χ3v) is 4.83. The normalized spacial score (nSPS) is 17.6. The molecule has 1 aliphatic rings. The molecule has 2 unspecified atom stereocenters. The highest BCUT2D eigenvalue weighted by atomic mass is 16.5. The van der Waals surface area contributed by atoms with Crippen LogP contribution in [0.3, 0.4) is 0 Å². The highest BCUT2D eigenvalue weighted by molar-refractivity contribution is 5.69. The molecular weight excluding hydrogens is 288 g/mol. The standard InChI is InChI=1S/C20H22O3/c1-13(20(21)22)11-19-17-6-4-3-5-14(17)7-8-15-12-16(23-2)9-10-18(15)19/h3-6,9-10,12-13,19H,7-8,11H2,1-2H3,(H,21,22). The molecule has 0 amide bonds. The highest BCUT2D eigenvalue weighted by Gasteiger charge is 2.27. The van der Waals surface area contributed by atoms with Gasteiger partial charge in [-0.15, -0.1) is 0 Å². The summed E-state index contributed by atoms with van der Waals surface area (Å²) in [6.07, 6.45) is 2.56. The van der Waals surface area contributed by atoms with Gasteiger partial charge in [-0.05, 0) is 53.6 Å². The maximum absolute atomic E-state index is 11.4. The van der Waals surface area contributed by atoms with Crippen LogP contribution in [-0.4, -0.2) is 18.2 Å². The number of methoxy groups -OCH3 is 1. The first-order valence-electron chi connectivity index (χ1n) is 8.07. The Morgan fingerprint density at radius 3 is 2.61 bits per heavy atom. The predicted molar refractivity (Wildman–Crippen MR) is 90.1 cm³/mol. The van der Waals surface area contributed by atoms with Crippen molar-refractivity contribution < 1.29 is 14.6 Å². The van der Waals surface area contributed by atoms with E-state index >= 15 is 0 Å². The smallest absolute Gasteiger partial charge is 0.306 e. The number of rotatable bonds is 4. The van der Waals surface area contributed by atoms with Crippen LogP contribution in [0.5, 0.6) is 5.75 Å². The maximum atomic E-state index is 11.4. The highest BCUT2D eigenvalue weighted by Crippen LogP contribution is 2.39. The Bertz CT molecular complexity index is 721. The number of aliphatic carboxylic acids is 1. The molecule has 2 atom stereocenters. The Hall–Kier alpha value is -2.29. The van der Waals surface area contributed by atoms with Gasteiger partial charge in [-0.25, -0.2) is 0 Å². The number of ether oxygens (including phenoxy) is 1. The second-order valence-electron chi connectivity index (χ2n) is 6.29. The van der Waals surface area contributed by atoms with Crippen molar-refractivity contribution in [3.63, 3.8) is 0 Å². The van der Waals surface area contributed by atoms with E-state index in [1.165, 1.54) is 22.3 Å². The first kappa shape index (κ1) is 15.6. The van der Waals surface area contributed by atoms with Crippen LogP contribution in [0.1, 0.15) is 41.5 Å². The molecule has 23 heavy (non-hydrogen) atoms. The van der Waals surface area contributed by atoms with Gasteiger partial charge in [-0.3, -0.25) is 4.79 Å². The van der Waals surface area contributed by atoms with Crippen LogP contribution < -0.4 is 4.74 Å². The molecule has 2 aromatic rings. The lowest BCUT2D eigenvalue weighted by Crippen LogP contribution is -2.15. The minimum Gasteiger partial charge on any atom is -0.497 e. The number of aryl methyl sites for hydroxylation is 2. The largest absolute Gasteiger partial charge is 0.497 e. The lowest BCUT2D eigenvalue weighted by atomic mass is 9.82. The minimum atomic E-state index is -0.734. The summed E-state index contributed by atoms with van der Waals surface area (Å²) in [6, 6.07) is 14.6. The van der Waals surface area contributed by atoms with Crippen LogP contribution in [-0.2, 0) is 17.6 Å². The van der Waals surface area contributed by atoms with Gasteiger partial charge in [0, 0.05) is 5.92 Å². The molecule has 0 aromatic heterocycles. The van der Waals surface area contributed by atoms with Crippen LogP contribution in [0.4, 0.5) is 0 Å². The van der Waals surface area contributed by atoms with E-state index in [1.54, 1.807) is 14.0 Å². The quantitative estimate of drug-likeness (QED) is 0.927. The van der Waals surface area contributed by atoms with E-state index in [0.29, 0.717) is 6.42 Å². The SMILES string of the molecule is COc1ccc2c(c1)CCc1ccccc1C2CC(C)C(=O)O. The number of fused-ring (bicyclic) bond motifs is 2. The Morgan fingerprint density at radius 1 is 1.17 bits per heavy atom. The van der Waals surface area contributed by atoms with E-state index in [1.807, 2.05) is 12.1 Å². The number of hydrogen-bond donors (Lipinski definition) is 1. The van der Waals surface area contributed by atoms with Gasteiger partial charge >= 0.3 is 5.97 Å². The monoisotopic (exact) mass is 310 g/mol. The van der Waals surface area contributed by atoms with Gasteiger partial charge in [0.05, 0.1) is 13.0 Å². The summed E-state index contributed by atoms with van der Waals surface area (Å²) in [4.78, 5) is 11.4. The Balaban J connectivity index is 2.09. The van der Waals surface area contributed by atoms with E-state index < -0.39 is 5.97 Å². The van der Waals surface area contributed by atoms with Crippen LogP contribution in [0.2, 0.25) is 0 Å². The van der Waals surface area contributed by atoms with E-state index in [-0.39, 0.29) is 11.8 Å².